The van der Waals surface area contributed by atoms with E-state index in [1.807, 2.05) is 99.6 Å². The van der Waals surface area contributed by atoms with Crippen LogP contribution in [0.1, 0.15) is 50.3 Å². The first kappa shape index (κ1) is 28.8. The summed E-state index contributed by atoms with van der Waals surface area (Å²) in [6.45, 7) is 7.91. The van der Waals surface area contributed by atoms with E-state index in [0.29, 0.717) is 50.6 Å². The van der Waals surface area contributed by atoms with Gasteiger partial charge in [0.05, 0.1) is 13.2 Å². The molecule has 38 heavy (non-hydrogen) atoms. The minimum atomic E-state index is -0.615. The summed E-state index contributed by atoms with van der Waals surface area (Å²) in [6.07, 6.45) is 2.09. The second-order valence-corrected chi connectivity index (χ2v) is 9.15. The van der Waals surface area contributed by atoms with Crippen LogP contribution in [0, 0.1) is 0 Å². The fourth-order valence-corrected chi connectivity index (χ4v) is 4.35. The molecule has 202 valence electrons. The molecular weight excluding hydrogens is 476 g/mol. The van der Waals surface area contributed by atoms with Gasteiger partial charge in [0.1, 0.15) is 6.04 Å². The predicted molar refractivity (Wildman–Crippen MR) is 151 cm³/mol. The highest BCUT2D eigenvalue weighted by molar-refractivity contribution is 5.88. The molecule has 0 unspecified atom stereocenters. The lowest BCUT2D eigenvalue weighted by Crippen LogP contribution is -2.50. The van der Waals surface area contributed by atoms with Gasteiger partial charge in [-0.25, -0.2) is 0 Å². The highest BCUT2D eigenvalue weighted by Gasteiger charge is 2.30. The van der Waals surface area contributed by atoms with Crippen LogP contribution in [0.4, 0.5) is 0 Å². The van der Waals surface area contributed by atoms with Crippen molar-refractivity contribution in [2.45, 2.75) is 59.0 Å². The smallest absolute Gasteiger partial charge is 0.243 e. The molecular formula is C32H40N2O4. The molecule has 6 heteroatoms. The van der Waals surface area contributed by atoms with Crippen LogP contribution >= 0.6 is 0 Å². The zero-order valence-electron chi connectivity index (χ0n) is 22.8. The summed E-state index contributed by atoms with van der Waals surface area (Å²) in [6, 6.07) is 24.9. The Hall–Kier alpha value is -3.80. The number of nitrogens with one attached hydrogen (secondary N) is 1. The van der Waals surface area contributed by atoms with Crippen molar-refractivity contribution in [1.82, 2.24) is 10.2 Å². The largest absolute Gasteiger partial charge is 0.490 e. The van der Waals surface area contributed by atoms with Gasteiger partial charge in [-0.15, -0.1) is 0 Å². The van der Waals surface area contributed by atoms with Crippen LogP contribution in [-0.2, 0) is 29.0 Å². The maximum atomic E-state index is 13.8. The SMILES string of the molecule is CCCNC(=O)[C@@H](Cc1ccccc1)N(Cc1ccccc1)C(=O)CCc1ccc(OCC)c(OCC)c1. The number of nitrogens with zero attached hydrogens (tertiary/aromatic N) is 1. The van der Waals surface area contributed by atoms with Crippen LogP contribution in [0.2, 0.25) is 0 Å². The molecule has 0 aliphatic carbocycles. The number of carbonyl (C=O) groups is 2. The monoisotopic (exact) mass is 516 g/mol. The maximum absolute atomic E-state index is 13.8. The highest BCUT2D eigenvalue weighted by atomic mass is 16.5. The van der Waals surface area contributed by atoms with Gasteiger partial charge in [0.2, 0.25) is 11.8 Å². The molecule has 0 heterocycles. The lowest BCUT2D eigenvalue weighted by atomic mass is 10.0. The summed E-state index contributed by atoms with van der Waals surface area (Å²) < 4.78 is 11.4. The van der Waals surface area contributed by atoms with Gasteiger partial charge in [0, 0.05) is 25.9 Å². The Bertz CT molecular complexity index is 1130. The zero-order valence-corrected chi connectivity index (χ0v) is 22.8. The quantitative estimate of drug-likeness (QED) is 0.286. The van der Waals surface area contributed by atoms with Crippen molar-refractivity contribution < 1.29 is 19.1 Å². The third-order valence-electron chi connectivity index (χ3n) is 6.25. The first-order chi connectivity index (χ1) is 18.5. The van der Waals surface area contributed by atoms with Gasteiger partial charge in [0.15, 0.2) is 11.5 Å². The Labute approximate surface area is 227 Å². The molecule has 0 aromatic heterocycles. The third kappa shape index (κ3) is 8.65. The van der Waals surface area contributed by atoms with E-state index in [0.717, 1.165) is 23.1 Å². The van der Waals surface area contributed by atoms with Crippen molar-refractivity contribution >= 4 is 11.8 Å². The Kier molecular flexibility index (Phi) is 11.7. The van der Waals surface area contributed by atoms with Gasteiger partial charge in [0.25, 0.3) is 0 Å². The van der Waals surface area contributed by atoms with Crippen molar-refractivity contribution in [2.24, 2.45) is 0 Å². The van der Waals surface area contributed by atoms with E-state index in [2.05, 4.69) is 5.32 Å². The molecule has 3 rings (SSSR count). The summed E-state index contributed by atoms with van der Waals surface area (Å²) in [5, 5.41) is 3.02. The topological polar surface area (TPSA) is 67.9 Å². The first-order valence-electron chi connectivity index (χ1n) is 13.6. The molecule has 0 spiro atoms. The number of carbonyl (C=O) groups excluding carboxylic acids is 2. The Morgan fingerprint density at radius 2 is 1.42 bits per heavy atom. The molecule has 3 aromatic rings. The molecule has 0 aliphatic heterocycles. The predicted octanol–water partition coefficient (Wildman–Crippen LogP) is 5.58. The van der Waals surface area contributed by atoms with Crippen LogP contribution in [0.15, 0.2) is 78.9 Å². The minimum Gasteiger partial charge on any atom is -0.490 e. The Balaban J connectivity index is 1.86. The van der Waals surface area contributed by atoms with E-state index in [1.165, 1.54) is 0 Å². The molecule has 3 aromatic carbocycles. The molecule has 0 bridgehead atoms. The molecule has 0 fully saturated rings. The lowest BCUT2D eigenvalue weighted by molar-refractivity contribution is -0.141. The van der Waals surface area contributed by atoms with Crippen LogP contribution in [-0.4, -0.2) is 42.5 Å². The third-order valence-corrected chi connectivity index (χ3v) is 6.25. The van der Waals surface area contributed by atoms with E-state index in [4.69, 9.17) is 9.47 Å². The van der Waals surface area contributed by atoms with E-state index >= 15 is 0 Å². The van der Waals surface area contributed by atoms with Crippen molar-refractivity contribution in [3.63, 3.8) is 0 Å². The standard InChI is InChI=1S/C32H40N2O4/c1-4-21-33-32(36)28(22-25-13-9-7-10-14-25)34(24-27-15-11-8-12-16-27)31(35)20-18-26-17-19-29(37-5-2)30(23-26)38-6-3/h7-17,19,23,28H,4-6,18,20-22,24H2,1-3H3,(H,33,36)/t28-/m1/s1. The van der Waals surface area contributed by atoms with Crippen LogP contribution in [0.5, 0.6) is 11.5 Å². The van der Waals surface area contributed by atoms with Crippen molar-refractivity contribution in [2.75, 3.05) is 19.8 Å². The van der Waals surface area contributed by atoms with Crippen molar-refractivity contribution in [1.29, 1.82) is 0 Å². The van der Waals surface area contributed by atoms with Gasteiger partial charge in [-0.05, 0) is 55.5 Å². The second-order valence-electron chi connectivity index (χ2n) is 9.15. The number of ether oxygens (including phenoxy) is 2. The average Bonchev–Trinajstić information content (AvgIpc) is 2.95. The molecule has 0 aliphatic rings. The van der Waals surface area contributed by atoms with E-state index < -0.39 is 6.04 Å². The second kappa shape index (κ2) is 15.5. The molecule has 1 N–H and O–H groups in total. The van der Waals surface area contributed by atoms with Gasteiger partial charge in [-0.2, -0.15) is 0 Å². The van der Waals surface area contributed by atoms with E-state index in [1.54, 1.807) is 4.90 Å². The van der Waals surface area contributed by atoms with Gasteiger partial charge in [-0.1, -0.05) is 73.7 Å². The number of hydrogen-bond donors (Lipinski definition) is 1. The lowest BCUT2D eigenvalue weighted by Gasteiger charge is -2.31. The molecule has 2 amide bonds. The zero-order chi connectivity index (χ0) is 27.2. The average molecular weight is 517 g/mol. The van der Waals surface area contributed by atoms with Crippen LogP contribution in [0.25, 0.3) is 0 Å². The van der Waals surface area contributed by atoms with Crippen molar-refractivity contribution in [3.05, 3.63) is 95.6 Å². The summed E-state index contributed by atoms with van der Waals surface area (Å²) >= 11 is 0. The normalized spacial score (nSPS) is 11.4. The number of rotatable bonds is 15. The Morgan fingerprint density at radius 1 is 0.789 bits per heavy atom. The van der Waals surface area contributed by atoms with Gasteiger partial charge in [-0.3, -0.25) is 9.59 Å². The van der Waals surface area contributed by atoms with E-state index in [9.17, 15) is 9.59 Å². The summed E-state index contributed by atoms with van der Waals surface area (Å²) in [4.78, 5) is 28.9. The fraction of sp³-hybridized carbons (Fsp3) is 0.375. The summed E-state index contributed by atoms with van der Waals surface area (Å²) in [5.41, 5.74) is 2.99. The highest BCUT2D eigenvalue weighted by Crippen LogP contribution is 2.29. The minimum absolute atomic E-state index is 0.0618. The van der Waals surface area contributed by atoms with Crippen LogP contribution in [0.3, 0.4) is 0 Å². The number of aryl methyl sites for hydroxylation is 1. The van der Waals surface area contributed by atoms with Gasteiger partial charge < -0.3 is 19.7 Å². The molecule has 0 saturated heterocycles. The molecule has 0 saturated carbocycles. The van der Waals surface area contributed by atoms with E-state index in [-0.39, 0.29) is 18.2 Å². The first-order valence-corrected chi connectivity index (χ1v) is 13.6. The molecule has 0 radical (unpaired) electrons. The summed E-state index contributed by atoms with van der Waals surface area (Å²) in [7, 11) is 0. The number of benzene rings is 3. The molecule has 1 atom stereocenters. The van der Waals surface area contributed by atoms with Crippen LogP contribution < -0.4 is 14.8 Å². The molecule has 6 nitrogen and oxygen atoms in total. The Morgan fingerprint density at radius 3 is 2.05 bits per heavy atom. The van der Waals surface area contributed by atoms with Gasteiger partial charge >= 0.3 is 0 Å². The number of hydrogen-bond acceptors (Lipinski definition) is 4. The summed E-state index contributed by atoms with van der Waals surface area (Å²) in [5.74, 6) is 1.19. The van der Waals surface area contributed by atoms with Crippen molar-refractivity contribution in [3.8, 4) is 11.5 Å². The maximum Gasteiger partial charge on any atom is 0.243 e. The fourth-order valence-electron chi connectivity index (χ4n) is 4.35. The number of amides is 2.